The van der Waals surface area contributed by atoms with E-state index in [2.05, 4.69) is 5.32 Å². The molecule has 0 bridgehead atoms. The molecule has 114 valence electrons. The van der Waals surface area contributed by atoms with Crippen LogP contribution in [0.3, 0.4) is 0 Å². The molecule has 0 spiro atoms. The first-order valence-electron chi connectivity index (χ1n) is 7.66. The molecule has 1 aromatic heterocycles. The number of hydrogen-bond acceptors (Lipinski definition) is 3. The van der Waals surface area contributed by atoms with E-state index in [0.29, 0.717) is 12.0 Å². The van der Waals surface area contributed by atoms with Crippen molar-refractivity contribution < 1.29 is 9.53 Å². The molecule has 0 unspecified atom stereocenters. The molecule has 2 aliphatic rings. The van der Waals surface area contributed by atoms with Gasteiger partial charge in [-0.05, 0) is 30.4 Å². The maximum absolute atomic E-state index is 12.5. The van der Waals surface area contributed by atoms with Gasteiger partial charge in [-0.1, -0.05) is 18.2 Å². The van der Waals surface area contributed by atoms with E-state index in [9.17, 15) is 9.59 Å². The number of aryl methyl sites for hydroxylation is 1. The second kappa shape index (κ2) is 4.95. The van der Waals surface area contributed by atoms with E-state index in [-0.39, 0.29) is 23.1 Å². The van der Waals surface area contributed by atoms with Gasteiger partial charge in [0.2, 0.25) is 0 Å². The van der Waals surface area contributed by atoms with Gasteiger partial charge in [-0.25, -0.2) is 0 Å². The fraction of sp³-hybridized carbons (Fsp3) is 0.412. The monoisotopic (exact) mass is 298 g/mol. The number of hydrogen-bond donors (Lipinski definition) is 1. The summed E-state index contributed by atoms with van der Waals surface area (Å²) in [6.07, 6.45) is 2.14. The van der Waals surface area contributed by atoms with Crippen molar-refractivity contribution in [1.82, 2.24) is 9.88 Å². The summed E-state index contributed by atoms with van der Waals surface area (Å²) in [6, 6.07) is 9.41. The average Bonchev–Trinajstić information content (AvgIpc) is 2.89. The van der Waals surface area contributed by atoms with Crippen molar-refractivity contribution >= 4 is 16.8 Å². The van der Waals surface area contributed by atoms with E-state index >= 15 is 0 Å². The number of pyridine rings is 1. The van der Waals surface area contributed by atoms with Crippen LogP contribution in [-0.4, -0.2) is 29.2 Å². The number of aromatic nitrogens is 1. The zero-order chi connectivity index (χ0) is 15.3. The summed E-state index contributed by atoms with van der Waals surface area (Å²) in [4.78, 5) is 24.9. The quantitative estimate of drug-likeness (QED) is 0.913. The van der Waals surface area contributed by atoms with Gasteiger partial charge < -0.3 is 14.6 Å². The van der Waals surface area contributed by atoms with Crippen molar-refractivity contribution in [2.24, 2.45) is 13.0 Å². The Morgan fingerprint density at radius 3 is 3.00 bits per heavy atom. The molecule has 1 aliphatic carbocycles. The van der Waals surface area contributed by atoms with Gasteiger partial charge >= 0.3 is 0 Å². The lowest BCUT2D eigenvalue weighted by Gasteiger charge is -2.39. The minimum atomic E-state index is -0.276. The second-order valence-corrected chi connectivity index (χ2v) is 6.16. The highest BCUT2D eigenvalue weighted by Gasteiger charge is 2.45. The molecule has 4 rings (SSSR count). The molecule has 1 saturated heterocycles. The van der Waals surface area contributed by atoms with Crippen LogP contribution < -0.4 is 10.9 Å². The first kappa shape index (κ1) is 13.5. The van der Waals surface area contributed by atoms with Crippen molar-refractivity contribution in [3.63, 3.8) is 0 Å². The van der Waals surface area contributed by atoms with Crippen molar-refractivity contribution in [3.8, 4) is 0 Å². The lowest BCUT2D eigenvalue weighted by Crippen LogP contribution is -2.54. The third-order valence-electron chi connectivity index (χ3n) is 4.96. The van der Waals surface area contributed by atoms with E-state index in [1.54, 1.807) is 13.1 Å². The molecule has 1 saturated carbocycles. The summed E-state index contributed by atoms with van der Waals surface area (Å²) < 4.78 is 7.09. The molecule has 1 aliphatic heterocycles. The maximum atomic E-state index is 12.5. The fourth-order valence-electron chi connectivity index (χ4n) is 3.59. The van der Waals surface area contributed by atoms with Crippen LogP contribution in [0.25, 0.3) is 10.9 Å². The Labute approximate surface area is 127 Å². The number of para-hydroxylation sites is 1. The van der Waals surface area contributed by atoms with Gasteiger partial charge in [0.05, 0.1) is 11.6 Å². The Bertz CT molecular complexity index is 811. The van der Waals surface area contributed by atoms with Gasteiger partial charge in [0, 0.05) is 25.6 Å². The number of nitrogens with one attached hydrogen (secondary N) is 1. The highest BCUT2D eigenvalue weighted by molar-refractivity contribution is 5.97. The Hall–Kier alpha value is -2.14. The summed E-state index contributed by atoms with van der Waals surface area (Å²) >= 11 is 0. The van der Waals surface area contributed by atoms with Crippen LogP contribution in [0.5, 0.6) is 0 Å². The summed E-state index contributed by atoms with van der Waals surface area (Å²) in [6.45, 7) is 0.777. The van der Waals surface area contributed by atoms with Crippen molar-refractivity contribution in [1.29, 1.82) is 0 Å². The summed E-state index contributed by atoms with van der Waals surface area (Å²) in [7, 11) is 1.70. The van der Waals surface area contributed by atoms with Gasteiger partial charge in [0.25, 0.3) is 11.5 Å². The van der Waals surface area contributed by atoms with E-state index in [0.717, 1.165) is 30.4 Å². The molecule has 2 heterocycles. The number of fused-ring (bicyclic) bond motifs is 2. The minimum Gasteiger partial charge on any atom is -0.378 e. The molecule has 2 fully saturated rings. The number of ether oxygens (including phenoxy) is 1. The van der Waals surface area contributed by atoms with Gasteiger partial charge in [0.15, 0.2) is 0 Å². The van der Waals surface area contributed by atoms with Gasteiger partial charge in [-0.2, -0.15) is 0 Å². The van der Waals surface area contributed by atoms with Gasteiger partial charge in [-0.3, -0.25) is 9.59 Å². The van der Waals surface area contributed by atoms with Crippen LogP contribution >= 0.6 is 0 Å². The van der Waals surface area contributed by atoms with E-state index < -0.39 is 0 Å². The Morgan fingerprint density at radius 1 is 1.36 bits per heavy atom. The number of carbonyl (C=O) groups is 1. The van der Waals surface area contributed by atoms with E-state index in [1.165, 1.54) is 4.57 Å². The zero-order valence-corrected chi connectivity index (χ0v) is 12.4. The van der Waals surface area contributed by atoms with Gasteiger partial charge in [0.1, 0.15) is 5.56 Å². The van der Waals surface area contributed by atoms with Crippen LogP contribution in [-0.2, 0) is 11.8 Å². The lowest BCUT2D eigenvalue weighted by molar-refractivity contribution is 0.00807. The number of carbonyl (C=O) groups excluding carboxylic acids is 1. The van der Waals surface area contributed by atoms with Crippen molar-refractivity contribution in [3.05, 3.63) is 46.2 Å². The van der Waals surface area contributed by atoms with Crippen molar-refractivity contribution in [2.75, 3.05) is 6.61 Å². The largest absolute Gasteiger partial charge is 0.378 e. The average molecular weight is 298 g/mol. The molecule has 1 aromatic carbocycles. The SMILES string of the molecule is Cn1c(=O)c(C(=O)N[C@@H]2C[C@H]3OCC[C@@H]23)cc2ccccc21. The molecule has 2 aromatic rings. The molecular formula is C17H18N2O3. The zero-order valence-electron chi connectivity index (χ0n) is 12.4. The Balaban J connectivity index is 1.64. The smallest absolute Gasteiger partial charge is 0.263 e. The van der Waals surface area contributed by atoms with E-state index in [4.69, 9.17) is 4.74 Å². The minimum absolute atomic E-state index is 0.135. The van der Waals surface area contributed by atoms with Gasteiger partial charge in [-0.15, -0.1) is 0 Å². The first-order valence-corrected chi connectivity index (χ1v) is 7.66. The summed E-state index contributed by atoms with van der Waals surface area (Å²) in [5.74, 6) is 0.134. The third-order valence-corrected chi connectivity index (χ3v) is 4.96. The topological polar surface area (TPSA) is 60.3 Å². The Kier molecular flexibility index (Phi) is 3.04. The summed E-state index contributed by atoms with van der Waals surface area (Å²) in [5.41, 5.74) is 0.787. The van der Waals surface area contributed by atoms with E-state index in [1.807, 2.05) is 24.3 Å². The lowest BCUT2D eigenvalue weighted by atomic mass is 9.76. The molecule has 1 amide bonds. The first-order chi connectivity index (χ1) is 10.6. The molecule has 5 nitrogen and oxygen atoms in total. The third kappa shape index (κ3) is 1.96. The molecule has 1 N–H and O–H groups in total. The maximum Gasteiger partial charge on any atom is 0.263 e. The standard InChI is InChI=1S/C17H18N2O3/c1-19-14-5-3-2-4-10(14)8-12(17(19)21)16(20)18-13-9-15-11(13)6-7-22-15/h2-5,8,11,13,15H,6-7,9H2,1H3,(H,18,20)/t11-,13+,15+/m0/s1. The highest BCUT2D eigenvalue weighted by atomic mass is 16.5. The molecule has 22 heavy (non-hydrogen) atoms. The number of nitrogens with zero attached hydrogens (tertiary/aromatic N) is 1. The number of benzene rings is 1. The van der Waals surface area contributed by atoms with Crippen LogP contribution in [0, 0.1) is 5.92 Å². The van der Waals surface area contributed by atoms with Crippen LogP contribution in [0.2, 0.25) is 0 Å². The van der Waals surface area contributed by atoms with Crippen molar-refractivity contribution in [2.45, 2.75) is 25.0 Å². The number of amides is 1. The van der Waals surface area contributed by atoms with Crippen LogP contribution in [0.4, 0.5) is 0 Å². The second-order valence-electron chi connectivity index (χ2n) is 6.16. The molecule has 3 atom stereocenters. The van der Waals surface area contributed by atoms with Crippen LogP contribution in [0.1, 0.15) is 23.2 Å². The highest BCUT2D eigenvalue weighted by Crippen LogP contribution is 2.38. The number of rotatable bonds is 2. The molecule has 5 heteroatoms. The van der Waals surface area contributed by atoms with Crippen LogP contribution in [0.15, 0.2) is 35.1 Å². The predicted octanol–water partition coefficient (Wildman–Crippen LogP) is 1.45. The molecule has 0 radical (unpaired) electrons. The summed E-state index contributed by atoms with van der Waals surface area (Å²) in [5, 5.41) is 3.90. The molecular weight excluding hydrogens is 280 g/mol. The normalized spacial score (nSPS) is 26.5. The Morgan fingerprint density at radius 2 is 2.18 bits per heavy atom. The fourth-order valence-corrected chi connectivity index (χ4v) is 3.59. The predicted molar refractivity (Wildman–Crippen MR) is 82.9 cm³/mol.